The van der Waals surface area contributed by atoms with Crippen LogP contribution in [-0.2, 0) is 4.74 Å². The summed E-state index contributed by atoms with van der Waals surface area (Å²) in [6.07, 6.45) is 3.76. The molecule has 0 aliphatic carbocycles. The average Bonchev–Trinajstić information content (AvgIpc) is 3.09. The molecule has 7 heteroatoms. The summed E-state index contributed by atoms with van der Waals surface area (Å²) < 4.78 is 17.3. The fourth-order valence-electron chi connectivity index (χ4n) is 4.41. The predicted molar refractivity (Wildman–Crippen MR) is 109 cm³/mol. The first-order valence-electron chi connectivity index (χ1n) is 10.8. The highest BCUT2D eigenvalue weighted by atomic mass is 16.5. The van der Waals surface area contributed by atoms with Crippen molar-refractivity contribution in [2.24, 2.45) is 5.92 Å². The van der Waals surface area contributed by atoms with Gasteiger partial charge in [-0.25, -0.2) is 0 Å². The Morgan fingerprint density at radius 2 is 2.00 bits per heavy atom. The van der Waals surface area contributed by atoms with Gasteiger partial charge in [-0.2, -0.15) is 0 Å². The van der Waals surface area contributed by atoms with Gasteiger partial charge in [-0.3, -0.25) is 9.69 Å². The van der Waals surface area contributed by atoms with E-state index in [4.69, 9.17) is 14.2 Å². The van der Waals surface area contributed by atoms with Gasteiger partial charge in [-0.15, -0.1) is 0 Å². The molecule has 0 spiro atoms. The molecule has 1 aromatic rings. The Hall–Kier alpha value is -1.83. The molecule has 3 heterocycles. The summed E-state index contributed by atoms with van der Waals surface area (Å²) in [6, 6.07) is 3.68. The predicted octanol–water partition coefficient (Wildman–Crippen LogP) is 1.75. The molecule has 7 nitrogen and oxygen atoms in total. The number of piperidine rings is 1. The SMILES string of the molecule is Cc1ccc(C(=O)NC[C@@H]2CCN(CC3CCCO3)C[C@H]2O)c2c1OCCCO2. The third kappa shape index (κ3) is 4.85. The molecule has 3 atom stereocenters. The maximum atomic E-state index is 12.8. The quantitative estimate of drug-likeness (QED) is 0.778. The molecule has 3 aliphatic rings. The first-order chi connectivity index (χ1) is 14.1. The Morgan fingerprint density at radius 3 is 2.76 bits per heavy atom. The van der Waals surface area contributed by atoms with Gasteiger partial charge in [-0.05, 0) is 44.4 Å². The van der Waals surface area contributed by atoms with Crippen molar-refractivity contribution in [3.8, 4) is 11.5 Å². The lowest BCUT2D eigenvalue weighted by atomic mass is 9.93. The van der Waals surface area contributed by atoms with Crippen molar-refractivity contribution < 1.29 is 24.1 Å². The molecule has 4 rings (SSSR count). The van der Waals surface area contributed by atoms with Gasteiger partial charge in [0.25, 0.3) is 5.91 Å². The number of β-amino-alcohol motifs (C(OH)–C–C–N with tert-alkyl or cyclic N) is 1. The van der Waals surface area contributed by atoms with Gasteiger partial charge in [0, 0.05) is 38.6 Å². The summed E-state index contributed by atoms with van der Waals surface area (Å²) in [5.41, 5.74) is 1.46. The molecule has 0 bridgehead atoms. The van der Waals surface area contributed by atoms with Gasteiger partial charge in [0.2, 0.25) is 0 Å². The minimum atomic E-state index is -0.444. The number of rotatable bonds is 5. The second-order valence-corrected chi connectivity index (χ2v) is 8.36. The minimum Gasteiger partial charge on any atom is -0.489 e. The van der Waals surface area contributed by atoms with Crippen LogP contribution in [-0.4, -0.2) is 74.1 Å². The van der Waals surface area contributed by atoms with E-state index in [1.807, 2.05) is 13.0 Å². The first-order valence-corrected chi connectivity index (χ1v) is 10.8. The van der Waals surface area contributed by atoms with Gasteiger partial charge in [0.15, 0.2) is 11.5 Å². The van der Waals surface area contributed by atoms with Crippen LogP contribution in [0.15, 0.2) is 12.1 Å². The van der Waals surface area contributed by atoms with Crippen LogP contribution in [0.25, 0.3) is 0 Å². The number of hydrogen-bond donors (Lipinski definition) is 2. The smallest absolute Gasteiger partial charge is 0.255 e. The fraction of sp³-hybridized carbons (Fsp3) is 0.682. The first kappa shape index (κ1) is 20.4. The lowest BCUT2D eigenvalue weighted by Gasteiger charge is -2.37. The van der Waals surface area contributed by atoms with E-state index >= 15 is 0 Å². The topological polar surface area (TPSA) is 80.3 Å². The lowest BCUT2D eigenvalue weighted by Crippen LogP contribution is -2.49. The second kappa shape index (κ2) is 9.32. The largest absolute Gasteiger partial charge is 0.489 e. The number of nitrogens with one attached hydrogen (secondary N) is 1. The number of aliphatic hydroxyl groups excluding tert-OH is 1. The molecule has 0 radical (unpaired) electrons. The van der Waals surface area contributed by atoms with Crippen LogP contribution in [0.2, 0.25) is 0 Å². The van der Waals surface area contributed by atoms with Crippen LogP contribution < -0.4 is 14.8 Å². The molecule has 0 saturated carbocycles. The Labute approximate surface area is 172 Å². The van der Waals surface area contributed by atoms with E-state index < -0.39 is 6.10 Å². The number of aliphatic hydroxyl groups is 1. The molecular weight excluding hydrogens is 372 g/mol. The summed E-state index contributed by atoms with van der Waals surface area (Å²) in [4.78, 5) is 15.1. The van der Waals surface area contributed by atoms with E-state index in [-0.39, 0.29) is 11.8 Å². The van der Waals surface area contributed by atoms with Gasteiger partial charge in [-0.1, -0.05) is 6.07 Å². The van der Waals surface area contributed by atoms with Crippen molar-refractivity contribution in [3.05, 3.63) is 23.3 Å². The molecule has 2 N–H and O–H groups in total. The Bertz CT molecular complexity index is 719. The molecular formula is C22H32N2O5. The van der Waals surface area contributed by atoms with Crippen LogP contribution in [0.3, 0.4) is 0 Å². The summed E-state index contributed by atoms with van der Waals surface area (Å²) in [5, 5.41) is 13.6. The number of ether oxygens (including phenoxy) is 3. The number of nitrogens with zero attached hydrogens (tertiary/aromatic N) is 1. The highest BCUT2D eigenvalue weighted by molar-refractivity contribution is 5.98. The number of carbonyl (C=O) groups excluding carboxylic acids is 1. The zero-order valence-electron chi connectivity index (χ0n) is 17.2. The van der Waals surface area contributed by atoms with Crippen molar-refractivity contribution in [3.63, 3.8) is 0 Å². The van der Waals surface area contributed by atoms with E-state index in [1.165, 1.54) is 0 Å². The maximum absolute atomic E-state index is 12.8. The van der Waals surface area contributed by atoms with Gasteiger partial charge in [0.1, 0.15) is 0 Å². The summed E-state index contributed by atoms with van der Waals surface area (Å²) in [7, 11) is 0. The Kier molecular flexibility index (Phi) is 6.57. The molecule has 3 aliphatic heterocycles. The van der Waals surface area contributed by atoms with Gasteiger partial charge >= 0.3 is 0 Å². The normalized spacial score (nSPS) is 27.4. The summed E-state index contributed by atoms with van der Waals surface area (Å²) >= 11 is 0. The monoisotopic (exact) mass is 404 g/mol. The van der Waals surface area contributed by atoms with Crippen LogP contribution in [0, 0.1) is 12.8 Å². The molecule has 1 unspecified atom stereocenters. The van der Waals surface area contributed by atoms with E-state index in [1.54, 1.807) is 6.07 Å². The van der Waals surface area contributed by atoms with Gasteiger partial charge < -0.3 is 24.6 Å². The third-order valence-corrected chi connectivity index (χ3v) is 6.15. The highest BCUT2D eigenvalue weighted by Crippen LogP contribution is 2.36. The molecule has 29 heavy (non-hydrogen) atoms. The van der Waals surface area contributed by atoms with Crippen LogP contribution in [0.1, 0.15) is 41.6 Å². The number of carbonyl (C=O) groups is 1. The van der Waals surface area contributed by atoms with Crippen molar-refractivity contribution in [1.29, 1.82) is 0 Å². The number of fused-ring (bicyclic) bond motifs is 1. The average molecular weight is 405 g/mol. The second-order valence-electron chi connectivity index (χ2n) is 8.36. The lowest BCUT2D eigenvalue weighted by molar-refractivity contribution is -0.00191. The van der Waals surface area contributed by atoms with Crippen LogP contribution in [0.5, 0.6) is 11.5 Å². The van der Waals surface area contributed by atoms with Crippen molar-refractivity contribution in [2.75, 3.05) is 46.0 Å². The van der Waals surface area contributed by atoms with Crippen LogP contribution >= 0.6 is 0 Å². The van der Waals surface area contributed by atoms with E-state index in [2.05, 4.69) is 10.2 Å². The Morgan fingerprint density at radius 1 is 1.17 bits per heavy atom. The van der Waals surface area contributed by atoms with Crippen molar-refractivity contribution >= 4 is 5.91 Å². The summed E-state index contributed by atoms with van der Waals surface area (Å²) in [5.74, 6) is 1.08. The number of hydrogen-bond acceptors (Lipinski definition) is 6. The van der Waals surface area contributed by atoms with E-state index in [0.29, 0.717) is 49.5 Å². The summed E-state index contributed by atoms with van der Waals surface area (Å²) in [6.45, 7) is 6.85. The number of likely N-dealkylation sites (tertiary alicyclic amines) is 1. The zero-order chi connectivity index (χ0) is 20.2. The molecule has 2 fully saturated rings. The minimum absolute atomic E-state index is 0.0564. The zero-order valence-corrected chi connectivity index (χ0v) is 17.2. The molecule has 2 saturated heterocycles. The standard InChI is InChI=1S/C22H32N2O5/c1-15-5-6-18(21-20(15)28-10-3-11-29-21)22(26)23-12-16-7-8-24(14-19(16)25)13-17-4-2-9-27-17/h5-6,16-17,19,25H,2-4,7-14H2,1H3,(H,23,26)/t16-,17?,19+/m0/s1. The van der Waals surface area contributed by atoms with Crippen molar-refractivity contribution in [2.45, 2.75) is 44.8 Å². The van der Waals surface area contributed by atoms with Crippen LogP contribution in [0.4, 0.5) is 0 Å². The number of benzene rings is 1. The number of aryl methyl sites for hydroxylation is 1. The third-order valence-electron chi connectivity index (χ3n) is 6.15. The molecule has 1 aromatic carbocycles. The number of amides is 1. The molecule has 0 aromatic heterocycles. The fourth-order valence-corrected chi connectivity index (χ4v) is 4.41. The molecule has 160 valence electrons. The molecule has 1 amide bonds. The highest BCUT2D eigenvalue weighted by Gasteiger charge is 2.30. The van der Waals surface area contributed by atoms with Crippen molar-refractivity contribution in [1.82, 2.24) is 10.2 Å². The van der Waals surface area contributed by atoms with Gasteiger partial charge in [0.05, 0.1) is 31.0 Å². The van der Waals surface area contributed by atoms with E-state index in [0.717, 1.165) is 50.9 Å². The van der Waals surface area contributed by atoms with E-state index in [9.17, 15) is 9.90 Å². The Balaban J connectivity index is 1.32. The maximum Gasteiger partial charge on any atom is 0.255 e.